The lowest BCUT2D eigenvalue weighted by Gasteiger charge is -2.41. The molecule has 0 aliphatic carbocycles. The number of nitrogens with one attached hydrogen (secondary N) is 1. The third-order valence-corrected chi connectivity index (χ3v) is 3.65. The number of likely N-dealkylation sites (tertiary alicyclic amines) is 1. The number of carbonyl (C=O) groups excluding carboxylic acids is 1. The van der Waals surface area contributed by atoms with Gasteiger partial charge in [0.2, 0.25) is 0 Å². The number of rotatable bonds is 3. The molecule has 0 saturated carbocycles. The van der Waals surface area contributed by atoms with Crippen LogP contribution in [0.5, 0.6) is 0 Å². The Balaban J connectivity index is 1.75. The summed E-state index contributed by atoms with van der Waals surface area (Å²) in [7, 11) is 0. The fraction of sp³-hybridized carbons (Fsp3) is 0.786. The number of carbonyl (C=O) groups is 1. The molecule has 2 rings (SSSR count). The maximum Gasteiger partial charge on any atom is 0.410 e. The molecule has 2 heterocycles. The van der Waals surface area contributed by atoms with E-state index in [1.807, 2.05) is 27.0 Å². The molecule has 2 atom stereocenters. The smallest absolute Gasteiger partial charge is 0.410 e. The zero-order valence-electron chi connectivity index (χ0n) is 12.3. The number of allylic oxidation sites excluding steroid dienone is 1. The Morgan fingerprint density at radius 1 is 1.50 bits per heavy atom. The molecule has 1 N–H and O–H groups in total. The summed E-state index contributed by atoms with van der Waals surface area (Å²) in [6, 6.07) is 0.111. The van der Waals surface area contributed by atoms with E-state index in [0.29, 0.717) is 6.61 Å². The van der Waals surface area contributed by atoms with E-state index in [1.54, 1.807) is 4.90 Å². The van der Waals surface area contributed by atoms with Crippen molar-refractivity contribution in [2.45, 2.75) is 57.2 Å². The van der Waals surface area contributed by atoms with Crippen molar-refractivity contribution in [2.75, 3.05) is 13.2 Å². The quantitative estimate of drug-likeness (QED) is 0.643. The standard InChI is InChI=1S/C14H23ClN2O3/c1-14(2,3)20-13(18)17-7-6-10(17)9-19-11-4-5-12(15)16-8-11/h8,10,12,16H,4-7,9H2,1-3H3/t10-,12+/m1/s1. The highest BCUT2D eigenvalue weighted by molar-refractivity contribution is 6.20. The molecular weight excluding hydrogens is 280 g/mol. The number of ether oxygens (including phenoxy) is 2. The van der Waals surface area contributed by atoms with Crippen molar-refractivity contribution >= 4 is 17.7 Å². The number of nitrogens with zero attached hydrogens (tertiary/aromatic N) is 1. The van der Waals surface area contributed by atoms with Crippen LogP contribution < -0.4 is 5.32 Å². The van der Waals surface area contributed by atoms with Crippen LogP contribution in [0.4, 0.5) is 4.79 Å². The zero-order valence-corrected chi connectivity index (χ0v) is 13.1. The maximum atomic E-state index is 11.9. The first-order chi connectivity index (χ1) is 9.35. The summed E-state index contributed by atoms with van der Waals surface area (Å²) in [5.41, 5.74) is -0.465. The Hall–Kier alpha value is -1.10. The highest BCUT2D eigenvalue weighted by Crippen LogP contribution is 2.23. The number of hydrogen-bond acceptors (Lipinski definition) is 4. The number of amides is 1. The topological polar surface area (TPSA) is 50.8 Å². The third kappa shape index (κ3) is 4.20. The molecule has 20 heavy (non-hydrogen) atoms. The van der Waals surface area contributed by atoms with Gasteiger partial charge in [-0.15, -0.1) is 0 Å². The summed E-state index contributed by atoms with van der Waals surface area (Å²) in [6.45, 7) is 6.87. The predicted octanol–water partition coefficient (Wildman–Crippen LogP) is 2.80. The summed E-state index contributed by atoms with van der Waals surface area (Å²) < 4.78 is 11.1. The first kappa shape index (κ1) is 15.3. The van der Waals surface area contributed by atoms with E-state index >= 15 is 0 Å². The fourth-order valence-corrected chi connectivity index (χ4v) is 2.27. The minimum atomic E-state index is -0.455. The van der Waals surface area contributed by atoms with Gasteiger partial charge in [-0.3, -0.25) is 0 Å². The van der Waals surface area contributed by atoms with Crippen LogP contribution in [0.15, 0.2) is 12.0 Å². The van der Waals surface area contributed by atoms with Gasteiger partial charge < -0.3 is 19.7 Å². The molecule has 0 radical (unpaired) electrons. The fourth-order valence-electron chi connectivity index (χ4n) is 2.10. The second-order valence-electron chi connectivity index (χ2n) is 6.21. The van der Waals surface area contributed by atoms with Crippen LogP contribution in [0.1, 0.15) is 40.0 Å². The predicted molar refractivity (Wildman–Crippen MR) is 77.4 cm³/mol. The molecule has 0 aromatic rings. The van der Waals surface area contributed by atoms with E-state index in [9.17, 15) is 4.79 Å². The molecule has 0 unspecified atom stereocenters. The SMILES string of the molecule is CC(C)(C)OC(=O)N1CC[C@@H]1COC1=CN[C@H](Cl)CC1. The van der Waals surface area contributed by atoms with Gasteiger partial charge in [0.25, 0.3) is 0 Å². The molecule has 0 spiro atoms. The van der Waals surface area contributed by atoms with Crippen molar-refractivity contribution in [1.82, 2.24) is 10.2 Å². The molecule has 0 aromatic heterocycles. The van der Waals surface area contributed by atoms with E-state index < -0.39 is 5.60 Å². The Bertz CT molecular complexity index is 392. The van der Waals surface area contributed by atoms with Crippen LogP contribution in [0.2, 0.25) is 0 Å². The van der Waals surface area contributed by atoms with Gasteiger partial charge in [-0.2, -0.15) is 0 Å². The molecule has 1 fully saturated rings. The minimum Gasteiger partial charge on any atom is -0.494 e. The van der Waals surface area contributed by atoms with Crippen LogP contribution >= 0.6 is 11.6 Å². The Labute approximate surface area is 125 Å². The van der Waals surface area contributed by atoms with Crippen LogP contribution in [-0.2, 0) is 9.47 Å². The molecule has 1 amide bonds. The van der Waals surface area contributed by atoms with Crippen LogP contribution in [0.3, 0.4) is 0 Å². The summed E-state index contributed by atoms with van der Waals surface area (Å²) in [4.78, 5) is 13.7. The van der Waals surface area contributed by atoms with Crippen LogP contribution in [-0.4, -0.2) is 41.3 Å². The lowest BCUT2D eigenvalue weighted by Crippen LogP contribution is -2.54. The number of alkyl halides is 1. The molecule has 2 aliphatic rings. The Morgan fingerprint density at radius 2 is 2.25 bits per heavy atom. The first-order valence-electron chi connectivity index (χ1n) is 7.07. The van der Waals surface area contributed by atoms with Crippen molar-refractivity contribution < 1.29 is 14.3 Å². The second kappa shape index (κ2) is 6.12. The summed E-state index contributed by atoms with van der Waals surface area (Å²) >= 11 is 5.93. The molecule has 2 aliphatic heterocycles. The zero-order chi connectivity index (χ0) is 14.8. The van der Waals surface area contributed by atoms with Gasteiger partial charge in [-0.25, -0.2) is 4.79 Å². The minimum absolute atomic E-state index is 0.00989. The lowest BCUT2D eigenvalue weighted by atomic mass is 10.1. The van der Waals surface area contributed by atoms with Crippen molar-refractivity contribution in [3.63, 3.8) is 0 Å². The summed E-state index contributed by atoms with van der Waals surface area (Å²) in [5, 5.41) is 3.03. The molecule has 0 bridgehead atoms. The van der Waals surface area contributed by atoms with Crippen LogP contribution in [0, 0.1) is 0 Å². The summed E-state index contributed by atoms with van der Waals surface area (Å²) in [6.07, 6.45) is 4.21. The van der Waals surface area contributed by atoms with Crippen LogP contribution in [0.25, 0.3) is 0 Å². The van der Waals surface area contributed by atoms with Crippen molar-refractivity contribution in [1.29, 1.82) is 0 Å². The summed E-state index contributed by atoms with van der Waals surface area (Å²) in [5.74, 6) is 0.901. The van der Waals surface area contributed by atoms with Gasteiger partial charge in [0.1, 0.15) is 23.5 Å². The molecule has 6 heteroatoms. The van der Waals surface area contributed by atoms with E-state index in [2.05, 4.69) is 5.32 Å². The number of hydrogen-bond donors (Lipinski definition) is 1. The van der Waals surface area contributed by atoms with Gasteiger partial charge in [-0.1, -0.05) is 11.6 Å². The lowest BCUT2D eigenvalue weighted by molar-refractivity contribution is -0.0212. The molecule has 114 valence electrons. The highest BCUT2D eigenvalue weighted by Gasteiger charge is 2.35. The normalized spacial score (nSPS) is 26.2. The van der Waals surface area contributed by atoms with E-state index in [1.165, 1.54) is 0 Å². The largest absolute Gasteiger partial charge is 0.494 e. The van der Waals surface area contributed by atoms with Gasteiger partial charge in [0, 0.05) is 19.2 Å². The van der Waals surface area contributed by atoms with Crippen molar-refractivity contribution in [2.24, 2.45) is 0 Å². The molecular formula is C14H23ClN2O3. The van der Waals surface area contributed by atoms with Crippen molar-refractivity contribution in [3.8, 4) is 0 Å². The maximum absolute atomic E-state index is 11.9. The van der Waals surface area contributed by atoms with Gasteiger partial charge in [0.05, 0.1) is 6.04 Å². The van der Waals surface area contributed by atoms with Crippen molar-refractivity contribution in [3.05, 3.63) is 12.0 Å². The Kier molecular flexibility index (Phi) is 4.68. The highest BCUT2D eigenvalue weighted by atomic mass is 35.5. The molecule has 1 saturated heterocycles. The first-order valence-corrected chi connectivity index (χ1v) is 7.50. The molecule has 5 nitrogen and oxygen atoms in total. The second-order valence-corrected chi connectivity index (χ2v) is 6.74. The molecule has 0 aromatic carbocycles. The van der Waals surface area contributed by atoms with E-state index in [-0.39, 0.29) is 17.6 Å². The number of halogens is 1. The third-order valence-electron chi connectivity index (χ3n) is 3.30. The van der Waals surface area contributed by atoms with Gasteiger partial charge >= 0.3 is 6.09 Å². The average Bonchev–Trinajstić information content (AvgIpc) is 2.27. The average molecular weight is 303 g/mol. The Morgan fingerprint density at radius 3 is 2.75 bits per heavy atom. The monoisotopic (exact) mass is 302 g/mol. The van der Waals surface area contributed by atoms with Gasteiger partial charge in [-0.05, 0) is 33.6 Å². The van der Waals surface area contributed by atoms with E-state index in [0.717, 1.165) is 31.6 Å². The van der Waals surface area contributed by atoms with E-state index in [4.69, 9.17) is 21.1 Å². The van der Waals surface area contributed by atoms with Gasteiger partial charge in [0.15, 0.2) is 0 Å².